The third kappa shape index (κ3) is 7.06. The molecule has 2 heterocycles. The smallest absolute Gasteiger partial charge is 0.340 e. The normalized spacial score (nSPS) is 17.7. The number of rotatable bonds is 13. The van der Waals surface area contributed by atoms with Gasteiger partial charge in [0.25, 0.3) is 0 Å². The van der Waals surface area contributed by atoms with Crippen molar-refractivity contribution in [3.63, 3.8) is 0 Å². The summed E-state index contributed by atoms with van der Waals surface area (Å²) in [6, 6.07) is 4.07. The van der Waals surface area contributed by atoms with Crippen LogP contribution in [-0.4, -0.2) is 71.9 Å². The summed E-state index contributed by atoms with van der Waals surface area (Å²) in [6.07, 6.45) is 6.20. The molecule has 5 N–H and O–H groups in total. The van der Waals surface area contributed by atoms with Crippen LogP contribution in [0.2, 0.25) is 0 Å². The van der Waals surface area contributed by atoms with Gasteiger partial charge in [0.05, 0.1) is 13.1 Å². The standard InChI is InChI=1S/C19H35N5O3S/c1-23(19(20,18(25)26)8-13-28-2)22-10-9-21-14-16-6-7-17(27-16)15-24-11-4-3-5-12-24/h6-7,21-22H,3-5,8-15,20H2,1-2H3,(H,25,26). The average molecular weight is 414 g/mol. The summed E-state index contributed by atoms with van der Waals surface area (Å²) in [6.45, 7) is 5.08. The minimum Gasteiger partial charge on any atom is -0.479 e. The second-order valence-electron chi connectivity index (χ2n) is 7.32. The first-order valence-corrected chi connectivity index (χ1v) is 11.3. The maximum Gasteiger partial charge on any atom is 0.340 e. The Hall–Kier alpha value is -1.10. The van der Waals surface area contributed by atoms with Gasteiger partial charge >= 0.3 is 5.97 Å². The van der Waals surface area contributed by atoms with Crippen molar-refractivity contribution in [3.05, 3.63) is 23.7 Å². The Morgan fingerprint density at radius 2 is 2.04 bits per heavy atom. The summed E-state index contributed by atoms with van der Waals surface area (Å²) in [5.41, 5.74) is 7.74. The Kier molecular flexibility index (Phi) is 9.76. The van der Waals surface area contributed by atoms with E-state index in [0.29, 0.717) is 31.8 Å². The number of nitrogens with one attached hydrogen (secondary N) is 2. The van der Waals surface area contributed by atoms with Crippen LogP contribution in [-0.2, 0) is 17.9 Å². The van der Waals surface area contributed by atoms with Gasteiger partial charge in [0.15, 0.2) is 5.66 Å². The van der Waals surface area contributed by atoms with Crippen molar-refractivity contribution in [3.8, 4) is 0 Å². The molecule has 1 saturated heterocycles. The first kappa shape index (κ1) is 23.2. The first-order valence-electron chi connectivity index (χ1n) is 9.95. The van der Waals surface area contributed by atoms with E-state index in [1.165, 1.54) is 24.3 Å². The Bertz CT molecular complexity index is 594. The van der Waals surface area contributed by atoms with Crippen LogP contribution in [0.15, 0.2) is 16.5 Å². The van der Waals surface area contributed by atoms with Crippen molar-refractivity contribution in [2.24, 2.45) is 5.73 Å². The van der Waals surface area contributed by atoms with Crippen LogP contribution in [0.25, 0.3) is 0 Å². The van der Waals surface area contributed by atoms with E-state index in [2.05, 4.69) is 21.7 Å². The Morgan fingerprint density at radius 3 is 2.71 bits per heavy atom. The van der Waals surface area contributed by atoms with Gasteiger partial charge in [-0.25, -0.2) is 9.80 Å². The number of carboxylic acids is 1. The minimum absolute atomic E-state index is 0.368. The summed E-state index contributed by atoms with van der Waals surface area (Å²) in [4.78, 5) is 14.0. The quantitative estimate of drug-likeness (QED) is 0.216. The summed E-state index contributed by atoms with van der Waals surface area (Å²) >= 11 is 1.58. The highest BCUT2D eigenvalue weighted by Gasteiger charge is 2.37. The molecule has 2 rings (SSSR count). The molecule has 0 amide bonds. The van der Waals surface area contributed by atoms with Crippen LogP contribution in [0.5, 0.6) is 0 Å². The number of likely N-dealkylation sites (N-methyl/N-ethyl adjacent to an activating group) is 1. The zero-order chi connectivity index (χ0) is 20.4. The molecule has 9 heteroatoms. The van der Waals surface area contributed by atoms with Gasteiger partial charge in [0.2, 0.25) is 0 Å². The van der Waals surface area contributed by atoms with E-state index in [9.17, 15) is 9.90 Å². The molecule has 1 aromatic rings. The molecule has 1 fully saturated rings. The fourth-order valence-corrected chi connectivity index (χ4v) is 3.80. The number of aliphatic carboxylic acids is 1. The number of piperidine rings is 1. The lowest BCUT2D eigenvalue weighted by molar-refractivity contribution is -0.153. The molecule has 0 aromatic carbocycles. The van der Waals surface area contributed by atoms with E-state index in [1.54, 1.807) is 18.8 Å². The predicted molar refractivity (Wildman–Crippen MR) is 113 cm³/mol. The van der Waals surface area contributed by atoms with Crippen molar-refractivity contribution < 1.29 is 14.3 Å². The number of hydrogen-bond donors (Lipinski definition) is 4. The number of likely N-dealkylation sites (tertiary alicyclic amines) is 1. The second kappa shape index (κ2) is 11.8. The van der Waals surface area contributed by atoms with E-state index < -0.39 is 11.6 Å². The molecule has 0 aliphatic carbocycles. The topological polar surface area (TPSA) is 107 Å². The molecule has 1 aromatic heterocycles. The SMILES string of the molecule is CSCCC(N)(C(=O)O)N(C)NCCNCc1ccc(CN2CCCCC2)o1. The monoisotopic (exact) mass is 413 g/mol. The fraction of sp³-hybridized carbons (Fsp3) is 0.737. The van der Waals surface area contributed by atoms with Gasteiger partial charge in [-0.3, -0.25) is 10.3 Å². The highest BCUT2D eigenvalue weighted by molar-refractivity contribution is 7.98. The van der Waals surface area contributed by atoms with Gasteiger partial charge in [-0.2, -0.15) is 11.8 Å². The first-order chi connectivity index (χ1) is 13.5. The minimum atomic E-state index is -1.41. The van der Waals surface area contributed by atoms with Crippen molar-refractivity contribution in [1.29, 1.82) is 0 Å². The highest BCUT2D eigenvalue weighted by Crippen LogP contribution is 2.15. The van der Waals surface area contributed by atoms with E-state index in [-0.39, 0.29) is 0 Å². The molecule has 1 unspecified atom stereocenters. The molecule has 0 saturated carbocycles. The van der Waals surface area contributed by atoms with Gasteiger partial charge in [0.1, 0.15) is 11.5 Å². The third-order valence-electron chi connectivity index (χ3n) is 5.15. The van der Waals surface area contributed by atoms with E-state index in [4.69, 9.17) is 10.2 Å². The molecule has 1 atom stereocenters. The summed E-state index contributed by atoms with van der Waals surface area (Å²) in [7, 11) is 1.67. The Labute approximate surface area is 172 Å². The van der Waals surface area contributed by atoms with Crippen LogP contribution in [0.4, 0.5) is 0 Å². The molecule has 8 nitrogen and oxygen atoms in total. The molecule has 1 aliphatic heterocycles. The van der Waals surface area contributed by atoms with Gasteiger partial charge in [-0.15, -0.1) is 0 Å². The molecular formula is C19H35N5O3S. The average Bonchev–Trinajstić information content (AvgIpc) is 3.13. The summed E-state index contributed by atoms with van der Waals surface area (Å²) in [5.74, 6) is 1.59. The Morgan fingerprint density at radius 1 is 1.32 bits per heavy atom. The van der Waals surface area contributed by atoms with Gasteiger partial charge < -0.3 is 20.6 Å². The molecular weight excluding hydrogens is 378 g/mol. The van der Waals surface area contributed by atoms with Crippen LogP contribution < -0.4 is 16.5 Å². The lowest BCUT2D eigenvalue weighted by Crippen LogP contribution is -2.65. The number of furan rings is 1. The molecule has 0 bridgehead atoms. The second-order valence-corrected chi connectivity index (χ2v) is 8.31. The van der Waals surface area contributed by atoms with Crippen LogP contribution in [0.1, 0.15) is 37.2 Å². The fourth-order valence-electron chi connectivity index (χ4n) is 3.28. The van der Waals surface area contributed by atoms with E-state index in [0.717, 1.165) is 31.2 Å². The molecule has 0 spiro atoms. The maximum absolute atomic E-state index is 11.5. The van der Waals surface area contributed by atoms with Crippen molar-refractivity contribution in [1.82, 2.24) is 20.7 Å². The van der Waals surface area contributed by atoms with Crippen molar-refractivity contribution in [2.45, 2.75) is 44.4 Å². The summed E-state index contributed by atoms with van der Waals surface area (Å²) in [5, 5.41) is 14.3. The number of carboxylic acid groups (broad SMARTS) is 1. The number of carbonyl (C=O) groups is 1. The largest absolute Gasteiger partial charge is 0.479 e. The zero-order valence-corrected chi connectivity index (χ0v) is 17.9. The zero-order valence-electron chi connectivity index (χ0n) is 17.1. The summed E-state index contributed by atoms with van der Waals surface area (Å²) < 4.78 is 5.91. The number of nitrogens with zero attached hydrogens (tertiary/aromatic N) is 2. The van der Waals surface area contributed by atoms with E-state index >= 15 is 0 Å². The molecule has 160 valence electrons. The lowest BCUT2D eigenvalue weighted by Gasteiger charge is -2.34. The Balaban J connectivity index is 1.66. The number of hydrogen-bond acceptors (Lipinski definition) is 8. The van der Waals surface area contributed by atoms with Crippen molar-refractivity contribution >= 4 is 17.7 Å². The van der Waals surface area contributed by atoms with E-state index in [1.807, 2.05) is 12.3 Å². The third-order valence-corrected chi connectivity index (χ3v) is 5.76. The molecule has 1 aliphatic rings. The molecule has 0 radical (unpaired) electrons. The number of hydrazine groups is 1. The van der Waals surface area contributed by atoms with Crippen LogP contribution in [0, 0.1) is 0 Å². The lowest BCUT2D eigenvalue weighted by atomic mass is 10.1. The van der Waals surface area contributed by atoms with Gasteiger partial charge in [0, 0.05) is 26.6 Å². The van der Waals surface area contributed by atoms with Gasteiger partial charge in [-0.1, -0.05) is 6.42 Å². The van der Waals surface area contributed by atoms with Crippen LogP contribution in [0.3, 0.4) is 0 Å². The predicted octanol–water partition coefficient (Wildman–Crippen LogP) is 1.28. The highest BCUT2D eigenvalue weighted by atomic mass is 32.2. The van der Waals surface area contributed by atoms with Crippen molar-refractivity contribution in [2.75, 3.05) is 45.2 Å². The maximum atomic E-state index is 11.5. The number of nitrogens with two attached hydrogens (primary N) is 1. The van der Waals surface area contributed by atoms with Crippen LogP contribution >= 0.6 is 11.8 Å². The number of thioether (sulfide) groups is 1. The molecule has 28 heavy (non-hydrogen) atoms. The van der Waals surface area contributed by atoms with Gasteiger partial charge in [-0.05, 0) is 50.1 Å².